The van der Waals surface area contributed by atoms with Crippen LogP contribution in [0.3, 0.4) is 0 Å². The second kappa shape index (κ2) is 5.20. The third-order valence-electron chi connectivity index (χ3n) is 2.80. The third-order valence-corrected chi connectivity index (χ3v) is 2.80. The van der Waals surface area contributed by atoms with E-state index in [4.69, 9.17) is 5.73 Å². The Balaban J connectivity index is 2.29. The van der Waals surface area contributed by atoms with Crippen molar-refractivity contribution in [3.8, 4) is 0 Å². The number of amides is 2. The van der Waals surface area contributed by atoms with Gasteiger partial charge in [-0.15, -0.1) is 0 Å². The zero-order valence-electron chi connectivity index (χ0n) is 8.94. The first-order valence-electron chi connectivity index (χ1n) is 5.42. The van der Waals surface area contributed by atoms with E-state index in [1.54, 1.807) is 0 Å². The van der Waals surface area contributed by atoms with Crippen LogP contribution in [0, 0.1) is 0 Å². The second-order valence-electron chi connectivity index (χ2n) is 4.29. The molecule has 4 nitrogen and oxygen atoms in total. The highest BCUT2D eigenvalue weighted by Gasteiger charge is 2.27. The Bertz CT molecular complexity index is 188. The molecule has 0 saturated heterocycles. The first kappa shape index (κ1) is 11.3. The summed E-state index contributed by atoms with van der Waals surface area (Å²) in [5, 5.41) is 5.75. The Kier molecular flexibility index (Phi) is 4.20. The number of hydrogen-bond acceptors (Lipinski definition) is 2. The minimum atomic E-state index is -0.0835. The molecule has 0 bridgehead atoms. The molecule has 82 valence electrons. The summed E-state index contributed by atoms with van der Waals surface area (Å²) in [4.78, 5) is 11.4. The first-order valence-corrected chi connectivity index (χ1v) is 5.42. The van der Waals surface area contributed by atoms with Gasteiger partial charge in [0.15, 0.2) is 0 Å². The first-order chi connectivity index (χ1) is 6.66. The van der Waals surface area contributed by atoms with Crippen LogP contribution >= 0.6 is 0 Å². The smallest absolute Gasteiger partial charge is 0.315 e. The van der Waals surface area contributed by atoms with Crippen molar-refractivity contribution in [1.82, 2.24) is 10.6 Å². The van der Waals surface area contributed by atoms with E-state index in [2.05, 4.69) is 17.6 Å². The summed E-state index contributed by atoms with van der Waals surface area (Å²) in [6.45, 7) is 3.15. The molecule has 14 heavy (non-hydrogen) atoms. The van der Waals surface area contributed by atoms with Gasteiger partial charge in [0.1, 0.15) is 0 Å². The number of nitrogens with two attached hydrogens (primary N) is 1. The van der Waals surface area contributed by atoms with Crippen LogP contribution in [0.1, 0.15) is 39.0 Å². The molecule has 0 spiro atoms. The lowest BCUT2D eigenvalue weighted by Gasteiger charge is -2.34. The Morgan fingerprint density at radius 1 is 1.36 bits per heavy atom. The monoisotopic (exact) mass is 199 g/mol. The van der Waals surface area contributed by atoms with E-state index in [1.165, 1.54) is 19.3 Å². The van der Waals surface area contributed by atoms with Crippen LogP contribution in [0.4, 0.5) is 4.79 Å². The largest absolute Gasteiger partial charge is 0.337 e. The molecule has 1 aliphatic rings. The Labute approximate surface area is 85.6 Å². The van der Waals surface area contributed by atoms with Crippen LogP contribution < -0.4 is 16.4 Å². The molecule has 0 heterocycles. The van der Waals surface area contributed by atoms with Crippen molar-refractivity contribution in [2.45, 2.75) is 44.6 Å². The van der Waals surface area contributed by atoms with Crippen molar-refractivity contribution in [2.75, 3.05) is 13.1 Å². The highest BCUT2D eigenvalue weighted by Crippen LogP contribution is 2.27. The van der Waals surface area contributed by atoms with Gasteiger partial charge >= 0.3 is 6.03 Å². The predicted octanol–water partition coefficient (Wildman–Crippen LogP) is 0.967. The molecule has 1 fully saturated rings. The molecule has 4 heteroatoms. The second-order valence-corrected chi connectivity index (χ2v) is 4.29. The Hall–Kier alpha value is -0.770. The minimum absolute atomic E-state index is 0.00304. The van der Waals surface area contributed by atoms with Gasteiger partial charge in [0.05, 0.1) is 0 Å². The number of carbonyl (C=O) groups excluding carboxylic acids is 1. The lowest BCUT2D eigenvalue weighted by molar-refractivity contribution is 0.211. The molecular formula is C10H21N3O. The molecule has 2 amide bonds. The number of hydrogen-bond donors (Lipinski definition) is 3. The molecule has 1 saturated carbocycles. The van der Waals surface area contributed by atoms with E-state index in [0.29, 0.717) is 13.1 Å². The predicted molar refractivity (Wildman–Crippen MR) is 57.1 cm³/mol. The fourth-order valence-electron chi connectivity index (χ4n) is 1.96. The Morgan fingerprint density at radius 3 is 2.57 bits per heavy atom. The van der Waals surface area contributed by atoms with Gasteiger partial charge in [-0.1, -0.05) is 19.3 Å². The number of urea groups is 1. The van der Waals surface area contributed by atoms with E-state index in [9.17, 15) is 4.79 Å². The van der Waals surface area contributed by atoms with E-state index < -0.39 is 0 Å². The molecule has 0 aliphatic heterocycles. The summed E-state index contributed by atoms with van der Waals surface area (Å²) in [6, 6.07) is -0.0835. The van der Waals surface area contributed by atoms with E-state index in [1.807, 2.05) is 0 Å². The van der Waals surface area contributed by atoms with Crippen LogP contribution in [0.25, 0.3) is 0 Å². The summed E-state index contributed by atoms with van der Waals surface area (Å²) in [7, 11) is 0. The lowest BCUT2D eigenvalue weighted by Crippen LogP contribution is -2.51. The van der Waals surface area contributed by atoms with Crippen LogP contribution in [-0.2, 0) is 0 Å². The van der Waals surface area contributed by atoms with Crippen molar-refractivity contribution in [3.63, 3.8) is 0 Å². The number of nitrogens with one attached hydrogen (secondary N) is 2. The van der Waals surface area contributed by atoms with Crippen LogP contribution in [0.15, 0.2) is 0 Å². The maximum absolute atomic E-state index is 11.4. The molecule has 4 N–H and O–H groups in total. The normalized spacial score (nSPS) is 20.1. The molecule has 0 aromatic heterocycles. The van der Waals surface area contributed by atoms with E-state index >= 15 is 0 Å². The standard InChI is InChI=1S/C10H21N3O/c1-10(5-3-2-4-6-10)13-9(14)12-8-7-11/h2-8,11H2,1H3,(H2,12,13,14). The van der Waals surface area contributed by atoms with Gasteiger partial charge in [0.25, 0.3) is 0 Å². The van der Waals surface area contributed by atoms with Crippen molar-refractivity contribution in [3.05, 3.63) is 0 Å². The maximum Gasteiger partial charge on any atom is 0.315 e. The van der Waals surface area contributed by atoms with Gasteiger partial charge in [-0.2, -0.15) is 0 Å². The highest BCUT2D eigenvalue weighted by molar-refractivity contribution is 5.74. The minimum Gasteiger partial charge on any atom is -0.337 e. The fraction of sp³-hybridized carbons (Fsp3) is 0.900. The molecule has 0 radical (unpaired) electrons. The summed E-state index contributed by atoms with van der Waals surface area (Å²) >= 11 is 0. The maximum atomic E-state index is 11.4. The molecule has 0 aromatic carbocycles. The Morgan fingerprint density at radius 2 is 2.00 bits per heavy atom. The fourth-order valence-corrected chi connectivity index (χ4v) is 1.96. The highest BCUT2D eigenvalue weighted by atomic mass is 16.2. The average molecular weight is 199 g/mol. The van der Waals surface area contributed by atoms with Gasteiger partial charge in [-0.25, -0.2) is 4.79 Å². The van der Waals surface area contributed by atoms with Crippen molar-refractivity contribution < 1.29 is 4.79 Å². The lowest BCUT2D eigenvalue weighted by atomic mass is 9.83. The topological polar surface area (TPSA) is 67.2 Å². The van der Waals surface area contributed by atoms with Gasteiger partial charge in [0, 0.05) is 18.6 Å². The van der Waals surface area contributed by atoms with Gasteiger partial charge in [-0.05, 0) is 19.8 Å². The molecular weight excluding hydrogens is 178 g/mol. The quantitative estimate of drug-likeness (QED) is 0.634. The molecule has 0 atom stereocenters. The SMILES string of the molecule is CC1(NC(=O)NCCN)CCCCC1. The average Bonchev–Trinajstić information content (AvgIpc) is 2.15. The molecule has 1 rings (SSSR count). The zero-order valence-corrected chi connectivity index (χ0v) is 8.94. The summed E-state index contributed by atoms with van der Waals surface area (Å²) in [5.74, 6) is 0. The molecule has 0 aromatic rings. The van der Waals surface area contributed by atoms with Crippen LogP contribution in [-0.4, -0.2) is 24.7 Å². The number of rotatable bonds is 3. The van der Waals surface area contributed by atoms with E-state index in [-0.39, 0.29) is 11.6 Å². The van der Waals surface area contributed by atoms with Gasteiger partial charge in [-0.3, -0.25) is 0 Å². The van der Waals surface area contributed by atoms with Crippen LogP contribution in [0.2, 0.25) is 0 Å². The van der Waals surface area contributed by atoms with E-state index in [0.717, 1.165) is 12.8 Å². The summed E-state index contributed by atoms with van der Waals surface area (Å²) < 4.78 is 0. The summed E-state index contributed by atoms with van der Waals surface area (Å²) in [6.07, 6.45) is 5.90. The van der Waals surface area contributed by atoms with Crippen molar-refractivity contribution >= 4 is 6.03 Å². The van der Waals surface area contributed by atoms with Gasteiger partial charge in [0.2, 0.25) is 0 Å². The summed E-state index contributed by atoms with van der Waals surface area (Å²) in [5.41, 5.74) is 5.30. The van der Waals surface area contributed by atoms with Crippen LogP contribution in [0.5, 0.6) is 0 Å². The van der Waals surface area contributed by atoms with Gasteiger partial charge < -0.3 is 16.4 Å². The van der Waals surface area contributed by atoms with Crippen molar-refractivity contribution in [1.29, 1.82) is 0 Å². The third kappa shape index (κ3) is 3.54. The molecule has 1 aliphatic carbocycles. The molecule has 0 unspecified atom stereocenters. The zero-order chi connectivity index (χ0) is 10.4. The number of carbonyl (C=O) groups is 1. The van der Waals surface area contributed by atoms with Crippen molar-refractivity contribution in [2.24, 2.45) is 5.73 Å².